The van der Waals surface area contributed by atoms with Crippen molar-refractivity contribution in [3.05, 3.63) is 17.8 Å². The molecule has 0 spiro atoms. The predicted molar refractivity (Wildman–Crippen MR) is 66.5 cm³/mol. The van der Waals surface area contributed by atoms with E-state index in [4.69, 9.17) is 5.73 Å². The minimum absolute atomic E-state index is 0.101. The van der Waals surface area contributed by atoms with Crippen LogP contribution >= 0.6 is 0 Å². The molecule has 0 radical (unpaired) electrons. The number of aromatic nitrogens is 2. The van der Waals surface area contributed by atoms with Gasteiger partial charge in [0.1, 0.15) is 5.82 Å². The van der Waals surface area contributed by atoms with Crippen molar-refractivity contribution in [1.29, 1.82) is 0 Å². The van der Waals surface area contributed by atoms with Crippen molar-refractivity contribution in [3.8, 4) is 0 Å². The molecule has 0 aliphatic carbocycles. The lowest BCUT2D eigenvalue weighted by Crippen LogP contribution is -2.35. The highest BCUT2D eigenvalue weighted by Crippen LogP contribution is 1.99. The maximum Gasteiger partial charge on any atom is 0.272 e. The molecule has 94 valence electrons. The summed E-state index contributed by atoms with van der Waals surface area (Å²) < 4.78 is 0. The summed E-state index contributed by atoms with van der Waals surface area (Å²) >= 11 is 0. The summed E-state index contributed by atoms with van der Waals surface area (Å²) in [5.41, 5.74) is 5.69. The van der Waals surface area contributed by atoms with E-state index in [0.29, 0.717) is 5.82 Å². The van der Waals surface area contributed by atoms with Gasteiger partial charge in [-0.25, -0.2) is 0 Å². The second kappa shape index (κ2) is 6.15. The molecule has 0 bridgehead atoms. The van der Waals surface area contributed by atoms with Gasteiger partial charge in [0.25, 0.3) is 5.91 Å². The summed E-state index contributed by atoms with van der Waals surface area (Å²) in [7, 11) is 4.00. The number of hydrogen-bond acceptors (Lipinski definition) is 5. The highest BCUT2D eigenvalue weighted by atomic mass is 16.2. The summed E-state index contributed by atoms with van der Waals surface area (Å²) in [6.07, 6.45) is 0.890. The molecule has 0 aromatic carbocycles. The third kappa shape index (κ3) is 4.78. The van der Waals surface area contributed by atoms with E-state index < -0.39 is 0 Å². The van der Waals surface area contributed by atoms with Gasteiger partial charge in [0.2, 0.25) is 0 Å². The molecule has 0 fully saturated rings. The molecule has 6 heteroatoms. The number of amides is 1. The minimum Gasteiger partial charge on any atom is -0.382 e. The highest BCUT2D eigenvalue weighted by Gasteiger charge is 2.11. The number of hydrogen-bond donors (Lipinski definition) is 2. The molecule has 0 saturated carbocycles. The second-order valence-corrected chi connectivity index (χ2v) is 4.31. The Morgan fingerprint density at radius 2 is 2.18 bits per heavy atom. The fourth-order valence-corrected chi connectivity index (χ4v) is 1.29. The SMILES string of the molecule is CC(CCN(C)C)NC(=O)c1ccc(N)nn1. The van der Waals surface area contributed by atoms with Gasteiger partial charge in [-0.3, -0.25) is 4.79 Å². The van der Waals surface area contributed by atoms with E-state index in [1.807, 2.05) is 21.0 Å². The average Bonchev–Trinajstić information content (AvgIpc) is 2.27. The second-order valence-electron chi connectivity index (χ2n) is 4.31. The standard InChI is InChI=1S/C11H19N5O/c1-8(6-7-16(2)3)13-11(17)9-4-5-10(12)15-14-9/h4-5,8H,6-7H2,1-3H3,(H2,12,15)(H,13,17). The van der Waals surface area contributed by atoms with E-state index in [-0.39, 0.29) is 17.6 Å². The molecule has 1 rings (SSSR count). The van der Waals surface area contributed by atoms with Crippen molar-refractivity contribution in [1.82, 2.24) is 20.4 Å². The number of carbonyl (C=O) groups is 1. The van der Waals surface area contributed by atoms with Gasteiger partial charge in [0.15, 0.2) is 5.69 Å². The van der Waals surface area contributed by atoms with Crippen molar-refractivity contribution in [2.75, 3.05) is 26.4 Å². The fourth-order valence-electron chi connectivity index (χ4n) is 1.29. The van der Waals surface area contributed by atoms with Gasteiger partial charge in [-0.05, 0) is 46.1 Å². The van der Waals surface area contributed by atoms with Crippen molar-refractivity contribution in [2.24, 2.45) is 0 Å². The van der Waals surface area contributed by atoms with Gasteiger partial charge in [-0.2, -0.15) is 0 Å². The number of nitrogens with one attached hydrogen (secondary N) is 1. The Bertz CT molecular complexity index is 363. The molecule has 0 aliphatic heterocycles. The molecule has 0 aliphatic rings. The van der Waals surface area contributed by atoms with E-state index in [2.05, 4.69) is 20.4 Å². The normalized spacial score (nSPS) is 12.5. The topological polar surface area (TPSA) is 84.1 Å². The molecular weight excluding hydrogens is 218 g/mol. The molecule has 1 atom stereocenters. The van der Waals surface area contributed by atoms with E-state index in [0.717, 1.165) is 13.0 Å². The monoisotopic (exact) mass is 237 g/mol. The first kappa shape index (κ1) is 13.4. The van der Waals surface area contributed by atoms with Crippen LogP contribution in [-0.2, 0) is 0 Å². The van der Waals surface area contributed by atoms with Gasteiger partial charge in [0.05, 0.1) is 0 Å². The van der Waals surface area contributed by atoms with Crippen LogP contribution in [-0.4, -0.2) is 47.7 Å². The molecule has 0 saturated heterocycles. The molecular formula is C11H19N5O. The quantitative estimate of drug-likeness (QED) is 0.760. The first-order valence-corrected chi connectivity index (χ1v) is 5.54. The van der Waals surface area contributed by atoms with Gasteiger partial charge in [-0.1, -0.05) is 0 Å². The number of carbonyl (C=O) groups excluding carboxylic acids is 1. The van der Waals surface area contributed by atoms with E-state index in [1.165, 1.54) is 0 Å². The van der Waals surface area contributed by atoms with Crippen LogP contribution in [0.3, 0.4) is 0 Å². The third-order valence-corrected chi connectivity index (χ3v) is 2.30. The van der Waals surface area contributed by atoms with Crippen LogP contribution in [0.1, 0.15) is 23.8 Å². The van der Waals surface area contributed by atoms with Crippen LogP contribution < -0.4 is 11.1 Å². The van der Waals surface area contributed by atoms with Crippen molar-refractivity contribution >= 4 is 11.7 Å². The largest absolute Gasteiger partial charge is 0.382 e. The third-order valence-electron chi connectivity index (χ3n) is 2.30. The number of nitrogen functional groups attached to an aromatic ring is 1. The van der Waals surface area contributed by atoms with Crippen LogP contribution in [0.4, 0.5) is 5.82 Å². The van der Waals surface area contributed by atoms with E-state index in [1.54, 1.807) is 12.1 Å². The Hall–Kier alpha value is -1.69. The zero-order chi connectivity index (χ0) is 12.8. The molecule has 3 N–H and O–H groups in total. The molecule has 1 heterocycles. The Balaban J connectivity index is 2.46. The van der Waals surface area contributed by atoms with Crippen LogP contribution in [0.25, 0.3) is 0 Å². The Morgan fingerprint density at radius 1 is 1.47 bits per heavy atom. The Kier molecular flexibility index (Phi) is 4.84. The first-order valence-electron chi connectivity index (χ1n) is 5.54. The first-order chi connectivity index (χ1) is 7.99. The smallest absolute Gasteiger partial charge is 0.272 e. The van der Waals surface area contributed by atoms with Crippen molar-refractivity contribution in [3.63, 3.8) is 0 Å². The van der Waals surface area contributed by atoms with Gasteiger partial charge < -0.3 is 16.0 Å². The maximum absolute atomic E-state index is 11.7. The Morgan fingerprint density at radius 3 is 2.71 bits per heavy atom. The number of rotatable bonds is 5. The molecule has 1 aromatic rings. The number of nitrogens with two attached hydrogens (primary N) is 1. The summed E-state index contributed by atoms with van der Waals surface area (Å²) in [6.45, 7) is 2.89. The predicted octanol–water partition coefficient (Wildman–Crippen LogP) is 0.129. The maximum atomic E-state index is 11.7. The summed E-state index contributed by atoms with van der Waals surface area (Å²) in [6, 6.07) is 3.23. The van der Waals surface area contributed by atoms with Gasteiger partial charge in [0, 0.05) is 6.04 Å². The summed E-state index contributed by atoms with van der Waals surface area (Å²) in [5.74, 6) is 0.0889. The zero-order valence-electron chi connectivity index (χ0n) is 10.5. The van der Waals surface area contributed by atoms with Crippen LogP contribution in [0, 0.1) is 0 Å². The van der Waals surface area contributed by atoms with Gasteiger partial charge in [-0.15, -0.1) is 10.2 Å². The lowest BCUT2D eigenvalue weighted by molar-refractivity contribution is 0.0931. The van der Waals surface area contributed by atoms with Crippen LogP contribution in [0.2, 0.25) is 0 Å². The van der Waals surface area contributed by atoms with E-state index >= 15 is 0 Å². The molecule has 6 nitrogen and oxygen atoms in total. The molecule has 1 unspecified atom stereocenters. The van der Waals surface area contributed by atoms with Crippen LogP contribution in [0.15, 0.2) is 12.1 Å². The summed E-state index contributed by atoms with van der Waals surface area (Å²) in [4.78, 5) is 13.8. The molecule has 17 heavy (non-hydrogen) atoms. The average molecular weight is 237 g/mol. The highest BCUT2D eigenvalue weighted by molar-refractivity contribution is 5.92. The van der Waals surface area contributed by atoms with Crippen LogP contribution in [0.5, 0.6) is 0 Å². The number of nitrogens with zero attached hydrogens (tertiary/aromatic N) is 3. The fraction of sp³-hybridized carbons (Fsp3) is 0.545. The number of anilines is 1. The van der Waals surface area contributed by atoms with Crippen molar-refractivity contribution in [2.45, 2.75) is 19.4 Å². The lowest BCUT2D eigenvalue weighted by Gasteiger charge is -2.16. The van der Waals surface area contributed by atoms with Gasteiger partial charge >= 0.3 is 0 Å². The lowest BCUT2D eigenvalue weighted by atomic mass is 10.2. The zero-order valence-corrected chi connectivity index (χ0v) is 10.5. The van der Waals surface area contributed by atoms with Crippen molar-refractivity contribution < 1.29 is 4.79 Å². The molecule has 1 amide bonds. The minimum atomic E-state index is -0.219. The molecule has 1 aromatic heterocycles. The Labute approximate surface area is 101 Å². The van der Waals surface area contributed by atoms with E-state index in [9.17, 15) is 4.79 Å². The summed E-state index contributed by atoms with van der Waals surface area (Å²) in [5, 5.41) is 10.2.